The maximum Gasteiger partial charge on any atom is 0.316 e. The number of hydrogen-bond acceptors (Lipinski definition) is 3. The summed E-state index contributed by atoms with van der Waals surface area (Å²) in [7, 11) is 0. The van der Waals surface area contributed by atoms with E-state index in [0.29, 0.717) is 6.04 Å². The average molecular weight is 231 g/mol. The van der Waals surface area contributed by atoms with Crippen molar-refractivity contribution in [1.29, 1.82) is 0 Å². The molecule has 2 N–H and O–H groups in total. The summed E-state index contributed by atoms with van der Waals surface area (Å²) in [6.07, 6.45) is 4.49. The number of hydrogen-bond donors (Lipinski definition) is 2. The van der Waals surface area contributed by atoms with Crippen molar-refractivity contribution in [2.24, 2.45) is 0 Å². The third-order valence-electron chi connectivity index (χ3n) is 2.53. The van der Waals surface area contributed by atoms with E-state index >= 15 is 0 Å². The van der Waals surface area contributed by atoms with Gasteiger partial charge in [0, 0.05) is 6.04 Å². The summed E-state index contributed by atoms with van der Waals surface area (Å²) in [4.78, 5) is 21.9. The van der Waals surface area contributed by atoms with Crippen LogP contribution < -0.4 is 5.32 Å². The van der Waals surface area contributed by atoms with Gasteiger partial charge in [-0.2, -0.15) is 0 Å². The lowest BCUT2D eigenvalue weighted by Crippen LogP contribution is -2.34. The maximum atomic E-state index is 11.4. The molecule has 1 aliphatic rings. The molecule has 86 valence electrons. The second kappa shape index (κ2) is 6.00. The van der Waals surface area contributed by atoms with Crippen LogP contribution in [0.5, 0.6) is 0 Å². The van der Waals surface area contributed by atoms with Gasteiger partial charge in [0.15, 0.2) is 0 Å². The van der Waals surface area contributed by atoms with Crippen molar-refractivity contribution in [3.8, 4) is 0 Å². The third-order valence-corrected chi connectivity index (χ3v) is 3.66. The Balaban J connectivity index is 2.15. The summed E-state index contributed by atoms with van der Waals surface area (Å²) < 4.78 is 0. The summed E-state index contributed by atoms with van der Waals surface area (Å²) in [6, 6.07) is 0.318. The molecule has 0 aromatic heterocycles. The molecule has 0 aromatic carbocycles. The van der Waals surface area contributed by atoms with Gasteiger partial charge in [0.1, 0.15) is 0 Å². The number of aliphatic carboxylic acids is 1. The molecule has 0 heterocycles. The van der Waals surface area contributed by atoms with Crippen molar-refractivity contribution < 1.29 is 14.7 Å². The molecule has 1 rings (SSSR count). The van der Waals surface area contributed by atoms with Crippen LogP contribution in [-0.2, 0) is 9.59 Å². The van der Waals surface area contributed by atoms with E-state index in [0.717, 1.165) is 24.6 Å². The quantitative estimate of drug-likeness (QED) is 0.747. The van der Waals surface area contributed by atoms with Crippen molar-refractivity contribution in [2.75, 3.05) is 5.75 Å². The van der Waals surface area contributed by atoms with Crippen LogP contribution in [0.3, 0.4) is 0 Å². The van der Waals surface area contributed by atoms with E-state index in [1.54, 1.807) is 6.92 Å². The van der Waals surface area contributed by atoms with Gasteiger partial charge in [0.05, 0.1) is 11.0 Å². The number of carbonyl (C=O) groups is 2. The Morgan fingerprint density at radius 1 is 1.47 bits per heavy atom. The fourth-order valence-corrected chi connectivity index (χ4v) is 2.24. The van der Waals surface area contributed by atoms with Crippen LogP contribution in [0.25, 0.3) is 0 Å². The molecule has 0 aromatic rings. The van der Waals surface area contributed by atoms with Gasteiger partial charge in [-0.25, -0.2) is 0 Å². The van der Waals surface area contributed by atoms with E-state index < -0.39 is 11.2 Å². The van der Waals surface area contributed by atoms with Gasteiger partial charge in [-0.1, -0.05) is 12.8 Å². The van der Waals surface area contributed by atoms with Crippen LogP contribution in [0.2, 0.25) is 0 Å². The highest BCUT2D eigenvalue weighted by Gasteiger charge is 2.18. The molecule has 1 aliphatic carbocycles. The summed E-state index contributed by atoms with van der Waals surface area (Å²) >= 11 is 1.16. The molecule has 0 bridgehead atoms. The van der Waals surface area contributed by atoms with Gasteiger partial charge < -0.3 is 10.4 Å². The lowest BCUT2D eigenvalue weighted by Gasteiger charge is -2.12. The largest absolute Gasteiger partial charge is 0.480 e. The lowest BCUT2D eigenvalue weighted by atomic mass is 10.2. The molecule has 0 saturated heterocycles. The number of nitrogens with one attached hydrogen (secondary N) is 1. The van der Waals surface area contributed by atoms with Crippen molar-refractivity contribution in [3.63, 3.8) is 0 Å². The minimum atomic E-state index is -0.867. The Hall–Kier alpha value is -0.710. The van der Waals surface area contributed by atoms with Crippen molar-refractivity contribution in [3.05, 3.63) is 0 Å². The molecule has 0 aliphatic heterocycles. The molecule has 0 radical (unpaired) electrons. The van der Waals surface area contributed by atoms with Crippen LogP contribution >= 0.6 is 11.8 Å². The molecule has 1 fully saturated rings. The van der Waals surface area contributed by atoms with Crippen LogP contribution in [-0.4, -0.2) is 34.0 Å². The number of carbonyl (C=O) groups excluding carboxylic acids is 1. The number of amides is 1. The highest BCUT2D eigenvalue weighted by molar-refractivity contribution is 8.01. The first-order valence-corrected chi connectivity index (χ1v) is 6.28. The number of carboxylic acids is 1. The molecule has 0 spiro atoms. The van der Waals surface area contributed by atoms with Crippen molar-refractivity contribution in [2.45, 2.75) is 43.9 Å². The topological polar surface area (TPSA) is 66.4 Å². The van der Waals surface area contributed by atoms with Crippen molar-refractivity contribution >= 4 is 23.6 Å². The fourth-order valence-electron chi connectivity index (χ4n) is 1.61. The van der Waals surface area contributed by atoms with Crippen LogP contribution in [0.4, 0.5) is 0 Å². The normalized spacial score (nSPS) is 18.7. The predicted octanol–water partition coefficient (Wildman–Crippen LogP) is 1.25. The van der Waals surface area contributed by atoms with E-state index in [4.69, 9.17) is 5.11 Å². The molecule has 1 saturated carbocycles. The third kappa shape index (κ3) is 4.55. The zero-order valence-electron chi connectivity index (χ0n) is 8.86. The minimum absolute atomic E-state index is 0.0417. The molecule has 15 heavy (non-hydrogen) atoms. The number of thioether (sulfide) groups is 1. The van der Waals surface area contributed by atoms with Gasteiger partial charge in [0.2, 0.25) is 5.91 Å². The Bertz CT molecular complexity index is 239. The highest BCUT2D eigenvalue weighted by Crippen LogP contribution is 2.18. The van der Waals surface area contributed by atoms with E-state index in [9.17, 15) is 9.59 Å². The molecule has 4 nitrogen and oxygen atoms in total. The molecule has 5 heteroatoms. The monoisotopic (exact) mass is 231 g/mol. The van der Waals surface area contributed by atoms with E-state index in [2.05, 4.69) is 5.32 Å². The Labute approximate surface area is 93.8 Å². The summed E-state index contributed by atoms with van der Waals surface area (Å²) in [6.45, 7) is 1.59. The molecule has 1 atom stereocenters. The lowest BCUT2D eigenvalue weighted by molar-refractivity contribution is -0.136. The average Bonchev–Trinajstić information content (AvgIpc) is 2.66. The molecular formula is C10H17NO3S. The zero-order chi connectivity index (χ0) is 11.3. The predicted molar refractivity (Wildman–Crippen MR) is 60.0 cm³/mol. The van der Waals surface area contributed by atoms with Gasteiger partial charge in [-0.3, -0.25) is 9.59 Å². The number of carboxylic acid groups (broad SMARTS) is 1. The second-order valence-corrected chi connectivity index (χ2v) is 5.17. The number of rotatable bonds is 5. The second-order valence-electron chi connectivity index (χ2n) is 3.84. The highest BCUT2D eigenvalue weighted by atomic mass is 32.2. The molecule has 1 unspecified atom stereocenters. The SMILES string of the molecule is CC(SCC(=O)NC1CCCC1)C(=O)O. The van der Waals surface area contributed by atoms with E-state index in [1.807, 2.05) is 0 Å². The fraction of sp³-hybridized carbons (Fsp3) is 0.800. The minimum Gasteiger partial charge on any atom is -0.480 e. The Kier molecular flexibility index (Phi) is 4.94. The first-order valence-electron chi connectivity index (χ1n) is 5.23. The standard InChI is InChI=1S/C10H17NO3S/c1-7(10(13)14)15-6-9(12)11-8-4-2-3-5-8/h7-8H,2-6H2,1H3,(H,11,12)(H,13,14). The van der Waals surface area contributed by atoms with E-state index in [-0.39, 0.29) is 11.7 Å². The first kappa shape index (κ1) is 12.4. The van der Waals surface area contributed by atoms with Gasteiger partial charge >= 0.3 is 5.97 Å². The van der Waals surface area contributed by atoms with Crippen LogP contribution in [0.1, 0.15) is 32.6 Å². The molecule has 1 amide bonds. The Morgan fingerprint density at radius 3 is 2.60 bits per heavy atom. The zero-order valence-corrected chi connectivity index (χ0v) is 9.68. The van der Waals surface area contributed by atoms with Gasteiger partial charge in [0.25, 0.3) is 0 Å². The van der Waals surface area contributed by atoms with Gasteiger partial charge in [-0.15, -0.1) is 11.8 Å². The smallest absolute Gasteiger partial charge is 0.316 e. The summed E-state index contributed by atoms with van der Waals surface area (Å²) in [5.41, 5.74) is 0. The summed E-state index contributed by atoms with van der Waals surface area (Å²) in [5.74, 6) is -0.669. The Morgan fingerprint density at radius 2 is 2.07 bits per heavy atom. The van der Waals surface area contributed by atoms with Gasteiger partial charge in [-0.05, 0) is 19.8 Å². The summed E-state index contributed by atoms with van der Waals surface area (Å²) in [5, 5.41) is 11.0. The first-order chi connectivity index (χ1) is 7.09. The van der Waals surface area contributed by atoms with Crippen molar-refractivity contribution in [1.82, 2.24) is 5.32 Å². The molecular weight excluding hydrogens is 214 g/mol. The van der Waals surface area contributed by atoms with E-state index in [1.165, 1.54) is 12.8 Å². The maximum absolute atomic E-state index is 11.4. The van der Waals surface area contributed by atoms with Crippen LogP contribution in [0.15, 0.2) is 0 Å². The van der Waals surface area contributed by atoms with Crippen LogP contribution in [0, 0.1) is 0 Å².